The van der Waals surface area contributed by atoms with Crippen LogP contribution in [-0.2, 0) is 0 Å². The minimum Gasteiger partial charge on any atom is -0.309 e. The van der Waals surface area contributed by atoms with Gasteiger partial charge in [0, 0.05) is 14.4 Å². The smallest absolute Gasteiger partial charge is 0.0702 e. The standard InChI is InChI=1S/C12H10Br2ClNS/c1-16-12(10-4-5-11(14)17-10)8-6-7(13)2-3-9(8)15/h2-6,12,16H,1H3. The van der Waals surface area contributed by atoms with Crippen LogP contribution in [0, 0.1) is 0 Å². The fourth-order valence-corrected chi connectivity index (χ4v) is 3.83. The summed E-state index contributed by atoms with van der Waals surface area (Å²) in [5, 5.41) is 4.08. The van der Waals surface area contributed by atoms with E-state index < -0.39 is 0 Å². The van der Waals surface area contributed by atoms with Crippen LogP contribution in [0.5, 0.6) is 0 Å². The molecule has 1 aromatic heterocycles. The van der Waals surface area contributed by atoms with E-state index in [1.54, 1.807) is 11.3 Å². The van der Waals surface area contributed by atoms with E-state index in [0.29, 0.717) is 0 Å². The zero-order valence-corrected chi connectivity index (χ0v) is 13.8. The summed E-state index contributed by atoms with van der Waals surface area (Å²) in [6, 6.07) is 10.2. The molecule has 1 unspecified atom stereocenters. The Bertz CT molecular complexity index is 527. The number of hydrogen-bond donors (Lipinski definition) is 1. The van der Waals surface area contributed by atoms with Crippen LogP contribution in [0.3, 0.4) is 0 Å². The SMILES string of the molecule is CNC(c1ccc(Br)s1)c1cc(Br)ccc1Cl. The van der Waals surface area contributed by atoms with Gasteiger partial charge in [-0.1, -0.05) is 27.5 Å². The zero-order valence-electron chi connectivity index (χ0n) is 9.01. The zero-order chi connectivity index (χ0) is 12.4. The highest BCUT2D eigenvalue weighted by Crippen LogP contribution is 2.35. The largest absolute Gasteiger partial charge is 0.309 e. The van der Waals surface area contributed by atoms with Crippen LogP contribution in [0.15, 0.2) is 38.6 Å². The van der Waals surface area contributed by atoms with Gasteiger partial charge in [-0.15, -0.1) is 11.3 Å². The summed E-state index contributed by atoms with van der Waals surface area (Å²) in [4.78, 5) is 1.24. The molecule has 2 aromatic rings. The van der Waals surface area contributed by atoms with E-state index in [4.69, 9.17) is 11.6 Å². The van der Waals surface area contributed by atoms with Crippen molar-refractivity contribution in [2.24, 2.45) is 0 Å². The van der Waals surface area contributed by atoms with Crippen LogP contribution in [0.2, 0.25) is 5.02 Å². The maximum atomic E-state index is 6.26. The van der Waals surface area contributed by atoms with Crippen molar-refractivity contribution in [1.82, 2.24) is 5.32 Å². The Morgan fingerprint density at radius 1 is 1.24 bits per heavy atom. The van der Waals surface area contributed by atoms with E-state index in [9.17, 15) is 0 Å². The lowest BCUT2D eigenvalue weighted by molar-refractivity contribution is 0.704. The molecule has 0 amide bonds. The minimum atomic E-state index is 0.122. The molecule has 0 saturated heterocycles. The molecule has 90 valence electrons. The Labute approximate surface area is 126 Å². The van der Waals surface area contributed by atoms with Crippen molar-refractivity contribution in [2.45, 2.75) is 6.04 Å². The molecule has 17 heavy (non-hydrogen) atoms. The summed E-state index contributed by atoms with van der Waals surface area (Å²) in [7, 11) is 1.94. The van der Waals surface area contributed by atoms with Gasteiger partial charge in [0.05, 0.1) is 9.83 Å². The van der Waals surface area contributed by atoms with Gasteiger partial charge in [0.1, 0.15) is 0 Å². The summed E-state index contributed by atoms with van der Waals surface area (Å²) in [6.07, 6.45) is 0. The van der Waals surface area contributed by atoms with E-state index in [2.05, 4.69) is 55.4 Å². The molecular formula is C12H10Br2ClNS. The molecule has 0 saturated carbocycles. The van der Waals surface area contributed by atoms with Crippen molar-refractivity contribution in [3.8, 4) is 0 Å². The van der Waals surface area contributed by atoms with Gasteiger partial charge < -0.3 is 5.32 Å². The first-order valence-electron chi connectivity index (χ1n) is 4.99. The summed E-state index contributed by atoms with van der Waals surface area (Å²) < 4.78 is 2.16. The highest BCUT2D eigenvalue weighted by molar-refractivity contribution is 9.11. The molecule has 0 bridgehead atoms. The van der Waals surface area contributed by atoms with Crippen LogP contribution >= 0.6 is 54.8 Å². The Morgan fingerprint density at radius 3 is 2.59 bits per heavy atom. The molecule has 1 nitrogen and oxygen atoms in total. The maximum Gasteiger partial charge on any atom is 0.0702 e. The highest BCUT2D eigenvalue weighted by Gasteiger charge is 2.17. The first kappa shape index (κ1) is 13.6. The maximum absolute atomic E-state index is 6.26. The Hall–Kier alpha value is 0.130. The Morgan fingerprint density at radius 2 is 2.00 bits per heavy atom. The second kappa shape index (κ2) is 5.85. The summed E-state index contributed by atoms with van der Waals surface area (Å²) in [5.41, 5.74) is 1.08. The van der Waals surface area contributed by atoms with E-state index in [-0.39, 0.29) is 6.04 Å². The molecule has 1 atom stereocenters. The second-order valence-electron chi connectivity index (χ2n) is 3.53. The van der Waals surface area contributed by atoms with Crippen molar-refractivity contribution in [1.29, 1.82) is 0 Å². The van der Waals surface area contributed by atoms with Gasteiger partial charge in [0.25, 0.3) is 0 Å². The predicted octanol–water partition coefficient (Wildman–Crippen LogP) is 5.24. The van der Waals surface area contributed by atoms with Gasteiger partial charge in [-0.2, -0.15) is 0 Å². The number of nitrogens with one attached hydrogen (secondary N) is 1. The highest BCUT2D eigenvalue weighted by atomic mass is 79.9. The minimum absolute atomic E-state index is 0.122. The van der Waals surface area contributed by atoms with Gasteiger partial charge in [0.2, 0.25) is 0 Å². The van der Waals surface area contributed by atoms with E-state index in [1.807, 2.05) is 19.2 Å². The summed E-state index contributed by atoms with van der Waals surface area (Å²) >= 11 is 14.9. The number of hydrogen-bond acceptors (Lipinski definition) is 2. The summed E-state index contributed by atoms with van der Waals surface area (Å²) in [6.45, 7) is 0. The first-order chi connectivity index (χ1) is 8.11. The molecule has 0 spiro atoms. The van der Waals surface area contributed by atoms with Crippen molar-refractivity contribution in [2.75, 3.05) is 7.05 Å². The molecule has 2 rings (SSSR count). The predicted molar refractivity (Wildman–Crippen MR) is 82.1 cm³/mol. The molecule has 1 N–H and O–H groups in total. The molecule has 0 aliphatic heterocycles. The van der Waals surface area contributed by atoms with E-state index in [0.717, 1.165) is 18.8 Å². The molecule has 0 fully saturated rings. The molecule has 0 aliphatic rings. The molecule has 1 heterocycles. The molecule has 1 aromatic carbocycles. The van der Waals surface area contributed by atoms with Gasteiger partial charge in [-0.25, -0.2) is 0 Å². The van der Waals surface area contributed by atoms with Gasteiger partial charge in [-0.3, -0.25) is 0 Å². The monoisotopic (exact) mass is 393 g/mol. The van der Waals surface area contributed by atoms with Crippen LogP contribution in [0.25, 0.3) is 0 Å². The molecule has 0 radical (unpaired) electrons. The van der Waals surface area contributed by atoms with E-state index >= 15 is 0 Å². The first-order valence-corrected chi connectivity index (χ1v) is 7.77. The molecule has 0 aliphatic carbocycles. The fourth-order valence-electron chi connectivity index (χ4n) is 1.67. The van der Waals surface area contributed by atoms with Crippen molar-refractivity contribution >= 4 is 54.8 Å². The van der Waals surface area contributed by atoms with Crippen molar-refractivity contribution in [3.05, 3.63) is 54.1 Å². The third-order valence-corrected chi connectivity index (χ3v) is 4.96. The van der Waals surface area contributed by atoms with Crippen LogP contribution in [0.1, 0.15) is 16.5 Å². The lowest BCUT2D eigenvalue weighted by atomic mass is 10.1. The summed E-state index contributed by atoms with van der Waals surface area (Å²) in [5.74, 6) is 0. The topological polar surface area (TPSA) is 12.0 Å². The Kier molecular flexibility index (Phi) is 4.66. The van der Waals surface area contributed by atoms with Crippen LogP contribution in [0.4, 0.5) is 0 Å². The third kappa shape index (κ3) is 3.12. The molecular weight excluding hydrogens is 385 g/mol. The van der Waals surface area contributed by atoms with Crippen LogP contribution in [-0.4, -0.2) is 7.05 Å². The van der Waals surface area contributed by atoms with Crippen LogP contribution < -0.4 is 5.32 Å². The third-order valence-electron chi connectivity index (χ3n) is 2.44. The lowest BCUT2D eigenvalue weighted by Crippen LogP contribution is -2.16. The van der Waals surface area contributed by atoms with Crippen molar-refractivity contribution in [3.63, 3.8) is 0 Å². The second-order valence-corrected chi connectivity index (χ2v) is 7.35. The average Bonchev–Trinajstić information content (AvgIpc) is 2.71. The number of thiophene rings is 1. The Balaban J connectivity index is 2.45. The fraction of sp³-hybridized carbons (Fsp3) is 0.167. The average molecular weight is 396 g/mol. The normalized spacial score (nSPS) is 12.7. The van der Waals surface area contributed by atoms with Gasteiger partial charge in [0.15, 0.2) is 0 Å². The number of rotatable bonds is 3. The van der Waals surface area contributed by atoms with E-state index in [1.165, 1.54) is 4.88 Å². The quantitative estimate of drug-likeness (QED) is 0.750. The molecule has 5 heteroatoms. The number of benzene rings is 1. The van der Waals surface area contributed by atoms with Gasteiger partial charge >= 0.3 is 0 Å². The lowest BCUT2D eigenvalue weighted by Gasteiger charge is -2.16. The van der Waals surface area contributed by atoms with Crippen molar-refractivity contribution < 1.29 is 0 Å². The van der Waals surface area contributed by atoms with Gasteiger partial charge in [-0.05, 0) is 58.9 Å². The number of halogens is 3.